The summed E-state index contributed by atoms with van der Waals surface area (Å²) in [7, 11) is -2.92. The first-order valence-corrected chi connectivity index (χ1v) is 9.29. The van der Waals surface area contributed by atoms with Gasteiger partial charge in [0.25, 0.3) is 0 Å². The summed E-state index contributed by atoms with van der Waals surface area (Å²) in [6, 6.07) is 0.430. The van der Waals surface area contributed by atoms with Crippen LogP contribution in [0.15, 0.2) is 0 Å². The van der Waals surface area contributed by atoms with E-state index in [0.29, 0.717) is 30.7 Å². The molecule has 1 saturated heterocycles. The van der Waals surface area contributed by atoms with Gasteiger partial charge in [-0.1, -0.05) is 27.7 Å². The molecule has 0 radical (unpaired) electrons. The maximum atomic E-state index is 11.9. The highest BCUT2D eigenvalue weighted by atomic mass is 32.2. The number of hydrogen-bond donors (Lipinski definition) is 1. The lowest BCUT2D eigenvalue weighted by Crippen LogP contribution is -2.59. The van der Waals surface area contributed by atoms with Gasteiger partial charge in [-0.25, -0.2) is 8.42 Å². The van der Waals surface area contributed by atoms with Crippen molar-refractivity contribution in [1.29, 1.82) is 0 Å². The molecule has 0 aromatic rings. The Labute approximate surface area is 118 Å². The third-order valence-corrected chi connectivity index (χ3v) is 6.10. The summed E-state index contributed by atoms with van der Waals surface area (Å²) < 4.78 is 23.8. The normalized spacial score (nSPS) is 26.7. The zero-order chi connectivity index (χ0) is 14.7. The summed E-state index contributed by atoms with van der Waals surface area (Å²) in [6.07, 6.45) is 2.78. The van der Waals surface area contributed by atoms with E-state index in [2.05, 4.69) is 32.6 Å². The van der Waals surface area contributed by atoms with Gasteiger partial charge in [0.2, 0.25) is 0 Å². The van der Waals surface area contributed by atoms with Crippen LogP contribution in [0.5, 0.6) is 0 Å². The lowest BCUT2D eigenvalue weighted by Gasteiger charge is -2.45. The fraction of sp³-hybridized carbons (Fsp3) is 1.00. The highest BCUT2D eigenvalue weighted by Crippen LogP contribution is 2.33. The predicted octanol–water partition coefficient (Wildman–Crippen LogP) is 1.65. The zero-order valence-electron chi connectivity index (χ0n) is 12.9. The van der Waals surface area contributed by atoms with Crippen molar-refractivity contribution in [2.45, 2.75) is 58.5 Å². The second-order valence-electron chi connectivity index (χ2n) is 6.29. The number of nitrogens with two attached hydrogens (primary N) is 1. The van der Waals surface area contributed by atoms with Crippen LogP contribution in [0.25, 0.3) is 0 Å². The van der Waals surface area contributed by atoms with Gasteiger partial charge < -0.3 is 5.73 Å². The van der Waals surface area contributed by atoms with Gasteiger partial charge in [0.1, 0.15) is 0 Å². The molecule has 0 aromatic carbocycles. The molecule has 0 bridgehead atoms. The molecule has 0 saturated carbocycles. The first-order chi connectivity index (χ1) is 8.80. The molecule has 1 fully saturated rings. The van der Waals surface area contributed by atoms with Crippen molar-refractivity contribution in [2.75, 3.05) is 24.6 Å². The highest BCUT2D eigenvalue weighted by molar-refractivity contribution is 7.91. The molecule has 0 aliphatic carbocycles. The number of rotatable bonds is 7. The van der Waals surface area contributed by atoms with E-state index < -0.39 is 9.84 Å². The third kappa shape index (κ3) is 3.92. The third-order valence-electron chi connectivity index (χ3n) is 4.30. The van der Waals surface area contributed by atoms with Gasteiger partial charge in [0, 0.05) is 24.7 Å². The fourth-order valence-electron chi connectivity index (χ4n) is 3.26. The van der Waals surface area contributed by atoms with Crippen molar-refractivity contribution in [3.63, 3.8) is 0 Å². The second-order valence-corrected chi connectivity index (χ2v) is 8.47. The van der Waals surface area contributed by atoms with Gasteiger partial charge in [-0.15, -0.1) is 0 Å². The molecule has 5 heteroatoms. The summed E-state index contributed by atoms with van der Waals surface area (Å²) in [4.78, 5) is 2.40. The monoisotopic (exact) mass is 290 g/mol. The van der Waals surface area contributed by atoms with Crippen LogP contribution in [-0.2, 0) is 9.84 Å². The van der Waals surface area contributed by atoms with E-state index in [4.69, 9.17) is 5.73 Å². The lowest BCUT2D eigenvalue weighted by molar-refractivity contribution is 0.0487. The van der Waals surface area contributed by atoms with E-state index in [-0.39, 0.29) is 11.3 Å². The molecule has 1 atom stereocenters. The van der Waals surface area contributed by atoms with Crippen LogP contribution < -0.4 is 5.73 Å². The Bertz CT molecular complexity index is 377. The molecule has 1 heterocycles. The minimum Gasteiger partial charge on any atom is -0.329 e. The minimum atomic E-state index is -2.92. The SMILES string of the molecule is CCC(CC)N(CC(C)C)C1(CN)CCS(=O)(=O)C1. The Balaban J connectivity index is 3.06. The predicted molar refractivity (Wildman–Crippen MR) is 81.0 cm³/mol. The summed E-state index contributed by atoms with van der Waals surface area (Å²) in [6.45, 7) is 10.1. The minimum absolute atomic E-state index is 0.236. The average molecular weight is 290 g/mol. The Morgan fingerprint density at radius 3 is 2.16 bits per heavy atom. The smallest absolute Gasteiger partial charge is 0.152 e. The topological polar surface area (TPSA) is 63.4 Å². The van der Waals surface area contributed by atoms with Crippen LogP contribution in [0.1, 0.15) is 47.0 Å². The van der Waals surface area contributed by atoms with E-state index >= 15 is 0 Å². The Morgan fingerprint density at radius 2 is 1.84 bits per heavy atom. The fourth-order valence-corrected chi connectivity index (χ4v) is 5.34. The van der Waals surface area contributed by atoms with Crippen LogP contribution in [0, 0.1) is 5.92 Å². The van der Waals surface area contributed by atoms with Crippen LogP contribution in [0.2, 0.25) is 0 Å². The highest BCUT2D eigenvalue weighted by Gasteiger charge is 2.47. The average Bonchev–Trinajstić information content (AvgIpc) is 2.66. The molecule has 1 rings (SSSR count). The largest absolute Gasteiger partial charge is 0.329 e. The molecule has 19 heavy (non-hydrogen) atoms. The second kappa shape index (κ2) is 6.55. The van der Waals surface area contributed by atoms with E-state index in [0.717, 1.165) is 19.4 Å². The van der Waals surface area contributed by atoms with Crippen molar-refractivity contribution in [3.8, 4) is 0 Å². The molecule has 0 amide bonds. The van der Waals surface area contributed by atoms with Gasteiger partial charge in [0.05, 0.1) is 11.5 Å². The molecule has 4 nitrogen and oxygen atoms in total. The molecule has 0 aromatic heterocycles. The molecule has 1 aliphatic heterocycles. The Kier molecular flexibility index (Phi) is 5.83. The summed E-state index contributed by atoms with van der Waals surface area (Å²) >= 11 is 0. The van der Waals surface area contributed by atoms with E-state index in [9.17, 15) is 8.42 Å². The standard InChI is InChI=1S/C14H30N2O2S/c1-5-13(6-2)16(9-12(3)4)14(10-15)7-8-19(17,18)11-14/h12-13H,5-11,15H2,1-4H3. The van der Waals surface area contributed by atoms with Gasteiger partial charge in [0.15, 0.2) is 9.84 Å². The molecule has 1 unspecified atom stereocenters. The maximum absolute atomic E-state index is 11.9. The molecule has 0 spiro atoms. The molecule has 1 aliphatic rings. The first kappa shape index (κ1) is 16.9. The number of nitrogens with zero attached hydrogens (tertiary/aromatic N) is 1. The first-order valence-electron chi connectivity index (χ1n) is 7.47. The summed E-state index contributed by atoms with van der Waals surface area (Å²) in [5, 5.41) is 0. The van der Waals surface area contributed by atoms with Crippen molar-refractivity contribution in [1.82, 2.24) is 4.90 Å². The van der Waals surface area contributed by atoms with Gasteiger partial charge in [-0.2, -0.15) is 0 Å². The van der Waals surface area contributed by atoms with Gasteiger partial charge >= 0.3 is 0 Å². The van der Waals surface area contributed by atoms with E-state index in [1.165, 1.54) is 0 Å². The van der Waals surface area contributed by atoms with Crippen molar-refractivity contribution in [2.24, 2.45) is 11.7 Å². The molecular formula is C14H30N2O2S. The van der Waals surface area contributed by atoms with Crippen LogP contribution in [0.4, 0.5) is 0 Å². The van der Waals surface area contributed by atoms with E-state index in [1.54, 1.807) is 0 Å². The van der Waals surface area contributed by atoms with Crippen molar-refractivity contribution < 1.29 is 8.42 Å². The molecule has 114 valence electrons. The number of sulfone groups is 1. The van der Waals surface area contributed by atoms with Gasteiger partial charge in [-0.3, -0.25) is 4.90 Å². The molecule has 2 N–H and O–H groups in total. The van der Waals surface area contributed by atoms with Crippen LogP contribution in [0.3, 0.4) is 0 Å². The zero-order valence-corrected chi connectivity index (χ0v) is 13.7. The lowest BCUT2D eigenvalue weighted by atomic mass is 9.91. The summed E-state index contributed by atoms with van der Waals surface area (Å²) in [5.74, 6) is 1.05. The van der Waals surface area contributed by atoms with Crippen LogP contribution >= 0.6 is 0 Å². The molecular weight excluding hydrogens is 260 g/mol. The van der Waals surface area contributed by atoms with E-state index in [1.807, 2.05) is 0 Å². The quantitative estimate of drug-likeness (QED) is 0.774. The Hall–Kier alpha value is -0.130. The van der Waals surface area contributed by atoms with Crippen LogP contribution in [-0.4, -0.2) is 49.5 Å². The summed E-state index contributed by atoms with van der Waals surface area (Å²) in [5.41, 5.74) is 5.67. The Morgan fingerprint density at radius 1 is 1.26 bits per heavy atom. The van der Waals surface area contributed by atoms with Crippen molar-refractivity contribution >= 4 is 9.84 Å². The van der Waals surface area contributed by atoms with Crippen molar-refractivity contribution in [3.05, 3.63) is 0 Å². The number of hydrogen-bond acceptors (Lipinski definition) is 4. The van der Waals surface area contributed by atoms with Gasteiger partial charge in [-0.05, 0) is 25.2 Å². The maximum Gasteiger partial charge on any atom is 0.152 e.